The molecule has 6 aromatic carbocycles. The van der Waals surface area contributed by atoms with Crippen LogP contribution in [0.4, 0.5) is 0 Å². The van der Waals surface area contributed by atoms with Crippen LogP contribution in [0.3, 0.4) is 0 Å². The third kappa shape index (κ3) is 3.38. The van der Waals surface area contributed by atoms with Crippen LogP contribution >= 0.6 is 0 Å². The maximum Gasteiger partial charge on any atom is 0.181 e. The van der Waals surface area contributed by atoms with Gasteiger partial charge in [-0.25, -0.2) is 0 Å². The normalized spacial score (nSPS) is 11.7. The lowest BCUT2D eigenvalue weighted by atomic mass is 10.2. The lowest BCUT2D eigenvalue weighted by Crippen LogP contribution is -2.75. The van der Waals surface area contributed by atoms with Crippen LogP contribution in [-0.2, 0) is 0 Å². The lowest BCUT2D eigenvalue weighted by Gasteiger charge is -2.36. The van der Waals surface area contributed by atoms with Gasteiger partial charge in [0.25, 0.3) is 0 Å². The van der Waals surface area contributed by atoms with E-state index >= 15 is 0 Å². The number of hydrogen-bond donors (Lipinski definition) is 0. The van der Waals surface area contributed by atoms with E-state index in [1.54, 1.807) is 0 Å². The molecule has 0 fully saturated rings. The van der Waals surface area contributed by atoms with Crippen LogP contribution in [-0.4, -0.2) is 12.6 Å². The molecule has 1 heterocycles. The molecular formula is C36H27NSi. The molecule has 1 aromatic heterocycles. The molecule has 38 heavy (non-hydrogen) atoms. The van der Waals surface area contributed by atoms with Gasteiger partial charge in [-0.15, -0.1) is 0 Å². The molecule has 0 radical (unpaired) electrons. The second-order valence-corrected chi connectivity index (χ2v) is 13.5. The zero-order chi connectivity index (χ0) is 25.4. The summed E-state index contributed by atoms with van der Waals surface area (Å²) in [5.41, 5.74) is 3.71. The van der Waals surface area contributed by atoms with Gasteiger partial charge in [0.05, 0.1) is 11.0 Å². The average molecular weight is 502 g/mol. The summed E-state index contributed by atoms with van der Waals surface area (Å²) in [6.07, 6.45) is 0. The Morgan fingerprint density at radius 2 is 0.711 bits per heavy atom. The quantitative estimate of drug-likeness (QED) is 0.197. The van der Waals surface area contributed by atoms with E-state index in [0.717, 1.165) is 0 Å². The first-order valence-electron chi connectivity index (χ1n) is 13.1. The van der Waals surface area contributed by atoms with Crippen LogP contribution in [0.25, 0.3) is 27.5 Å². The van der Waals surface area contributed by atoms with E-state index in [1.165, 1.54) is 48.2 Å². The highest BCUT2D eigenvalue weighted by atomic mass is 28.3. The molecule has 1 nitrogen and oxygen atoms in total. The van der Waals surface area contributed by atoms with E-state index in [4.69, 9.17) is 0 Å². The maximum atomic E-state index is 2.48. The number of fused-ring (bicyclic) bond motifs is 3. The standard InChI is InChI=1S/C36H27NSi/c1-4-16-28(17-5-1)38(29-18-6-2-7-19-29,30-20-8-3-9-21-30)36-27-15-14-26-35(36)37-33-24-12-10-22-31(33)32-23-11-13-25-34(32)37/h1-27H. The van der Waals surface area contributed by atoms with Gasteiger partial charge in [-0.1, -0.05) is 146 Å². The fraction of sp³-hybridized carbons (Fsp3) is 0. The fourth-order valence-electron chi connectivity index (χ4n) is 6.20. The average Bonchev–Trinajstić information content (AvgIpc) is 3.34. The maximum absolute atomic E-state index is 2.70. The molecule has 0 atom stereocenters. The molecule has 0 aliphatic carbocycles. The summed E-state index contributed by atoms with van der Waals surface area (Å²) < 4.78 is 2.48. The summed E-state index contributed by atoms with van der Waals surface area (Å²) in [4.78, 5) is 0. The summed E-state index contributed by atoms with van der Waals surface area (Å²) in [5.74, 6) is 0. The number of rotatable bonds is 5. The number of para-hydroxylation sites is 3. The van der Waals surface area contributed by atoms with Crippen molar-refractivity contribution in [2.24, 2.45) is 0 Å². The Balaban J connectivity index is 1.67. The van der Waals surface area contributed by atoms with Gasteiger partial charge in [-0.3, -0.25) is 0 Å². The Morgan fingerprint density at radius 3 is 1.18 bits per heavy atom. The first-order valence-corrected chi connectivity index (χ1v) is 15.1. The van der Waals surface area contributed by atoms with Crippen molar-refractivity contribution in [1.82, 2.24) is 4.57 Å². The van der Waals surface area contributed by atoms with Gasteiger partial charge in [0.1, 0.15) is 0 Å². The minimum atomic E-state index is -2.70. The van der Waals surface area contributed by atoms with Crippen molar-refractivity contribution in [3.05, 3.63) is 164 Å². The summed E-state index contributed by atoms with van der Waals surface area (Å²) in [6.45, 7) is 0. The van der Waals surface area contributed by atoms with Crippen molar-refractivity contribution < 1.29 is 0 Å². The van der Waals surface area contributed by atoms with E-state index in [9.17, 15) is 0 Å². The second kappa shape index (κ2) is 9.33. The highest BCUT2D eigenvalue weighted by Gasteiger charge is 2.43. The first kappa shape index (κ1) is 22.5. The molecule has 0 N–H and O–H groups in total. The molecule has 2 heteroatoms. The van der Waals surface area contributed by atoms with Gasteiger partial charge in [-0.05, 0) is 38.9 Å². The van der Waals surface area contributed by atoms with E-state index in [2.05, 4.69) is 168 Å². The topological polar surface area (TPSA) is 4.93 Å². The van der Waals surface area contributed by atoms with Gasteiger partial charge < -0.3 is 4.57 Å². The number of nitrogens with zero attached hydrogens (tertiary/aromatic N) is 1. The monoisotopic (exact) mass is 501 g/mol. The van der Waals surface area contributed by atoms with Gasteiger partial charge in [0.2, 0.25) is 0 Å². The Labute approximate surface area is 224 Å². The summed E-state index contributed by atoms with van der Waals surface area (Å²) in [7, 11) is -2.70. The highest BCUT2D eigenvalue weighted by molar-refractivity contribution is 7.20. The zero-order valence-corrected chi connectivity index (χ0v) is 22.0. The van der Waals surface area contributed by atoms with E-state index in [0.29, 0.717) is 0 Å². The van der Waals surface area contributed by atoms with Gasteiger partial charge in [0.15, 0.2) is 8.07 Å². The first-order chi connectivity index (χ1) is 18.9. The van der Waals surface area contributed by atoms with Crippen molar-refractivity contribution in [2.75, 3.05) is 0 Å². The minimum Gasteiger partial charge on any atom is -0.309 e. The van der Waals surface area contributed by atoms with Crippen molar-refractivity contribution in [3.8, 4) is 5.69 Å². The van der Waals surface area contributed by atoms with Crippen LogP contribution in [0.15, 0.2) is 164 Å². The lowest BCUT2D eigenvalue weighted by molar-refractivity contribution is 1.19. The van der Waals surface area contributed by atoms with Crippen molar-refractivity contribution >= 4 is 50.6 Å². The number of hydrogen-bond acceptors (Lipinski definition) is 0. The van der Waals surface area contributed by atoms with Gasteiger partial charge in [0, 0.05) is 16.5 Å². The molecule has 0 saturated carbocycles. The van der Waals surface area contributed by atoms with Gasteiger partial charge in [-0.2, -0.15) is 0 Å². The molecular weight excluding hydrogens is 474 g/mol. The molecule has 0 unspecified atom stereocenters. The Morgan fingerprint density at radius 1 is 0.342 bits per heavy atom. The summed E-state index contributed by atoms with van der Waals surface area (Å²) >= 11 is 0. The zero-order valence-electron chi connectivity index (χ0n) is 21.0. The van der Waals surface area contributed by atoms with Crippen molar-refractivity contribution in [3.63, 3.8) is 0 Å². The molecule has 0 saturated heterocycles. The molecule has 0 bridgehead atoms. The second-order valence-electron chi connectivity index (χ2n) is 9.73. The van der Waals surface area contributed by atoms with Crippen LogP contribution in [0, 0.1) is 0 Å². The van der Waals surface area contributed by atoms with Gasteiger partial charge >= 0.3 is 0 Å². The Kier molecular flexibility index (Phi) is 5.53. The van der Waals surface area contributed by atoms with Crippen molar-refractivity contribution in [2.45, 2.75) is 0 Å². The number of benzene rings is 6. The third-order valence-corrected chi connectivity index (χ3v) is 12.6. The van der Waals surface area contributed by atoms with Crippen LogP contribution < -0.4 is 20.7 Å². The minimum absolute atomic E-state index is 1.23. The fourth-order valence-corrected chi connectivity index (χ4v) is 11.1. The predicted octanol–water partition coefficient (Wildman–Crippen LogP) is 6.16. The van der Waals surface area contributed by atoms with Crippen LogP contribution in [0.1, 0.15) is 0 Å². The Hall–Kier alpha value is -4.66. The molecule has 0 aliphatic rings. The molecule has 180 valence electrons. The Bertz CT molecular complexity index is 1700. The molecule has 7 aromatic rings. The van der Waals surface area contributed by atoms with Crippen LogP contribution in [0.5, 0.6) is 0 Å². The molecule has 0 aliphatic heterocycles. The van der Waals surface area contributed by atoms with Crippen LogP contribution in [0.2, 0.25) is 0 Å². The SMILES string of the molecule is c1ccc([Si](c2ccccc2)(c2ccccc2)c2ccccc2-n2c3ccccc3c3ccccc32)cc1. The summed E-state index contributed by atoms with van der Waals surface area (Å²) in [5, 5.41) is 8.09. The predicted molar refractivity (Wildman–Crippen MR) is 164 cm³/mol. The molecule has 7 rings (SSSR count). The number of aromatic nitrogens is 1. The third-order valence-electron chi connectivity index (χ3n) is 7.75. The summed E-state index contributed by atoms with van der Waals surface area (Å²) in [6, 6.07) is 60.1. The largest absolute Gasteiger partial charge is 0.309 e. The molecule has 0 amide bonds. The van der Waals surface area contributed by atoms with E-state index < -0.39 is 8.07 Å². The van der Waals surface area contributed by atoms with E-state index in [1.807, 2.05) is 0 Å². The highest BCUT2D eigenvalue weighted by Crippen LogP contribution is 2.31. The smallest absolute Gasteiger partial charge is 0.181 e. The van der Waals surface area contributed by atoms with Crippen molar-refractivity contribution in [1.29, 1.82) is 0 Å². The van der Waals surface area contributed by atoms with E-state index in [-0.39, 0.29) is 0 Å². The molecule has 0 spiro atoms.